The van der Waals surface area contributed by atoms with Gasteiger partial charge in [0.25, 0.3) is 5.91 Å². The molecule has 0 bridgehead atoms. The number of nitrogens with one attached hydrogen (secondary N) is 1. The van der Waals surface area contributed by atoms with Crippen LogP contribution >= 0.6 is 0 Å². The molecule has 5 rings (SSSR count). The van der Waals surface area contributed by atoms with Crippen LogP contribution in [0.1, 0.15) is 40.7 Å². The lowest BCUT2D eigenvalue weighted by atomic mass is 9.90. The van der Waals surface area contributed by atoms with Crippen LogP contribution in [0.2, 0.25) is 0 Å². The lowest BCUT2D eigenvalue weighted by Gasteiger charge is -2.40. The summed E-state index contributed by atoms with van der Waals surface area (Å²) in [6, 6.07) is 20.3. The van der Waals surface area contributed by atoms with Crippen molar-refractivity contribution in [1.82, 2.24) is 4.90 Å². The molecule has 1 saturated heterocycles. The van der Waals surface area contributed by atoms with Crippen molar-refractivity contribution in [2.75, 3.05) is 23.3 Å². The molecule has 0 spiro atoms. The van der Waals surface area contributed by atoms with Gasteiger partial charge in [-0.2, -0.15) is 0 Å². The molecule has 7 heteroatoms. The van der Waals surface area contributed by atoms with Crippen molar-refractivity contribution in [1.29, 1.82) is 0 Å². The van der Waals surface area contributed by atoms with Crippen molar-refractivity contribution in [2.24, 2.45) is 5.92 Å². The molecule has 37 heavy (non-hydrogen) atoms. The Morgan fingerprint density at radius 1 is 0.865 bits per heavy atom. The lowest BCUT2D eigenvalue weighted by Crippen LogP contribution is -2.53. The third-order valence-electron chi connectivity index (χ3n) is 7.33. The van der Waals surface area contributed by atoms with Crippen LogP contribution in [0.25, 0.3) is 0 Å². The molecule has 1 atom stereocenters. The van der Waals surface area contributed by atoms with Crippen LogP contribution in [0.15, 0.2) is 72.8 Å². The Kier molecular flexibility index (Phi) is 7.04. The molecule has 1 unspecified atom stereocenters. The Bertz CT molecular complexity index is 1300. The van der Waals surface area contributed by atoms with E-state index in [9.17, 15) is 18.8 Å². The summed E-state index contributed by atoms with van der Waals surface area (Å²) in [5, 5.41) is 2.99. The average Bonchev–Trinajstić information content (AvgIpc) is 2.93. The molecule has 1 fully saturated rings. The number of rotatable bonds is 4. The van der Waals surface area contributed by atoms with Crippen LogP contribution < -0.4 is 10.2 Å². The monoisotopic (exact) mass is 499 g/mol. The van der Waals surface area contributed by atoms with Crippen molar-refractivity contribution in [2.45, 2.75) is 38.6 Å². The number of benzene rings is 3. The fourth-order valence-corrected chi connectivity index (χ4v) is 5.23. The van der Waals surface area contributed by atoms with Gasteiger partial charge in [-0.25, -0.2) is 4.39 Å². The van der Waals surface area contributed by atoms with Crippen LogP contribution in [0.3, 0.4) is 0 Å². The van der Waals surface area contributed by atoms with E-state index in [0.29, 0.717) is 43.6 Å². The first kappa shape index (κ1) is 24.7. The number of hydrogen-bond acceptors (Lipinski definition) is 3. The fourth-order valence-electron chi connectivity index (χ4n) is 5.23. The standard InChI is InChI=1S/C30H30FN3O3/c1-20-6-13-25(14-7-20)32-28(35)27-15-10-21-4-2-3-5-26(21)34(27)30(37)23-16-18-33(19-17-23)29(36)22-8-11-24(31)12-9-22/h2-9,11-14,23,27H,10,15-19H2,1H3,(H,32,35). The van der Waals surface area contributed by atoms with Crippen molar-refractivity contribution in [3.8, 4) is 0 Å². The maximum Gasteiger partial charge on any atom is 0.253 e. The summed E-state index contributed by atoms with van der Waals surface area (Å²) >= 11 is 0. The first-order valence-electron chi connectivity index (χ1n) is 12.7. The summed E-state index contributed by atoms with van der Waals surface area (Å²) in [4.78, 5) is 43.6. The highest BCUT2D eigenvalue weighted by molar-refractivity contribution is 6.06. The lowest BCUT2D eigenvalue weighted by molar-refractivity contribution is -0.127. The molecule has 0 saturated carbocycles. The first-order chi connectivity index (χ1) is 17.9. The van der Waals surface area contributed by atoms with Crippen LogP contribution in [-0.2, 0) is 16.0 Å². The molecule has 3 aromatic rings. The molecular weight excluding hydrogens is 469 g/mol. The van der Waals surface area contributed by atoms with Crippen molar-refractivity contribution >= 4 is 29.1 Å². The van der Waals surface area contributed by atoms with Gasteiger partial charge in [0.15, 0.2) is 0 Å². The molecule has 2 aliphatic rings. The second-order valence-electron chi connectivity index (χ2n) is 9.82. The zero-order valence-corrected chi connectivity index (χ0v) is 20.8. The number of carbonyl (C=O) groups is 3. The van der Waals surface area contributed by atoms with Crippen LogP contribution in [0.5, 0.6) is 0 Å². The number of fused-ring (bicyclic) bond motifs is 1. The largest absolute Gasteiger partial charge is 0.339 e. The number of amides is 3. The topological polar surface area (TPSA) is 69.7 Å². The molecule has 2 heterocycles. The van der Waals surface area contributed by atoms with E-state index in [1.54, 1.807) is 9.80 Å². The minimum absolute atomic E-state index is 0.0786. The molecule has 0 radical (unpaired) electrons. The molecule has 6 nitrogen and oxygen atoms in total. The number of halogens is 1. The van der Waals surface area contributed by atoms with Gasteiger partial charge in [-0.15, -0.1) is 0 Å². The van der Waals surface area contributed by atoms with E-state index in [1.807, 2.05) is 55.5 Å². The van der Waals surface area contributed by atoms with E-state index < -0.39 is 6.04 Å². The quantitative estimate of drug-likeness (QED) is 0.551. The summed E-state index contributed by atoms with van der Waals surface area (Å²) in [5.74, 6) is -1.12. The predicted octanol–water partition coefficient (Wildman–Crippen LogP) is 4.97. The zero-order valence-electron chi connectivity index (χ0n) is 20.8. The van der Waals surface area contributed by atoms with Crippen molar-refractivity contribution < 1.29 is 18.8 Å². The third-order valence-corrected chi connectivity index (χ3v) is 7.33. The number of anilines is 2. The number of para-hydroxylation sites is 1. The second-order valence-corrected chi connectivity index (χ2v) is 9.82. The molecule has 190 valence electrons. The van der Waals surface area contributed by atoms with E-state index in [4.69, 9.17) is 0 Å². The van der Waals surface area contributed by atoms with Gasteiger partial charge >= 0.3 is 0 Å². The number of carbonyl (C=O) groups excluding carboxylic acids is 3. The number of nitrogens with zero attached hydrogens (tertiary/aromatic N) is 2. The summed E-state index contributed by atoms with van der Waals surface area (Å²) in [6.07, 6.45) is 2.28. The van der Waals surface area contributed by atoms with Crippen molar-refractivity contribution in [3.63, 3.8) is 0 Å². The Labute approximate surface area is 216 Å². The summed E-state index contributed by atoms with van der Waals surface area (Å²) in [6.45, 7) is 2.85. The summed E-state index contributed by atoms with van der Waals surface area (Å²) < 4.78 is 13.2. The van der Waals surface area contributed by atoms with E-state index in [-0.39, 0.29) is 29.5 Å². The van der Waals surface area contributed by atoms with Gasteiger partial charge in [-0.1, -0.05) is 35.9 Å². The molecule has 0 aromatic heterocycles. The van der Waals surface area contributed by atoms with E-state index in [0.717, 1.165) is 23.2 Å². The van der Waals surface area contributed by atoms with Gasteiger partial charge in [-0.3, -0.25) is 19.3 Å². The molecule has 1 N–H and O–H groups in total. The van der Waals surface area contributed by atoms with Crippen LogP contribution in [-0.4, -0.2) is 41.8 Å². The van der Waals surface area contributed by atoms with Gasteiger partial charge in [0.2, 0.25) is 11.8 Å². The number of aryl methyl sites for hydroxylation is 2. The van der Waals surface area contributed by atoms with Gasteiger partial charge in [0, 0.05) is 35.9 Å². The normalized spacial score (nSPS) is 17.7. The molecule has 2 aliphatic heterocycles. The number of hydrogen-bond donors (Lipinski definition) is 1. The maximum atomic E-state index is 13.9. The van der Waals surface area contributed by atoms with Gasteiger partial charge in [0.1, 0.15) is 11.9 Å². The van der Waals surface area contributed by atoms with E-state index in [2.05, 4.69) is 5.32 Å². The minimum atomic E-state index is -0.609. The highest BCUT2D eigenvalue weighted by atomic mass is 19.1. The van der Waals surface area contributed by atoms with Crippen LogP contribution in [0.4, 0.5) is 15.8 Å². The maximum absolute atomic E-state index is 13.9. The van der Waals surface area contributed by atoms with Gasteiger partial charge < -0.3 is 10.2 Å². The number of likely N-dealkylation sites (tertiary alicyclic amines) is 1. The Balaban J connectivity index is 1.32. The third kappa shape index (κ3) is 5.26. The molecule has 3 aromatic carbocycles. The van der Waals surface area contributed by atoms with E-state index >= 15 is 0 Å². The average molecular weight is 500 g/mol. The highest BCUT2D eigenvalue weighted by Crippen LogP contribution is 2.34. The SMILES string of the molecule is Cc1ccc(NC(=O)C2CCc3ccccc3N2C(=O)C2CCN(C(=O)c3ccc(F)cc3)CC2)cc1. The molecule has 3 amide bonds. The highest BCUT2D eigenvalue weighted by Gasteiger charge is 2.39. The summed E-state index contributed by atoms with van der Waals surface area (Å²) in [7, 11) is 0. The van der Waals surface area contributed by atoms with Gasteiger partial charge in [0.05, 0.1) is 0 Å². The van der Waals surface area contributed by atoms with Crippen LogP contribution in [0, 0.1) is 18.7 Å². The van der Waals surface area contributed by atoms with Gasteiger partial charge in [-0.05, 0) is 80.6 Å². The van der Waals surface area contributed by atoms with E-state index in [1.165, 1.54) is 24.3 Å². The van der Waals surface area contributed by atoms with Crippen molar-refractivity contribution in [3.05, 3.63) is 95.3 Å². The smallest absolute Gasteiger partial charge is 0.253 e. The fraction of sp³-hybridized carbons (Fsp3) is 0.300. The summed E-state index contributed by atoms with van der Waals surface area (Å²) in [5.41, 5.74) is 4.08. The Morgan fingerprint density at radius 2 is 1.54 bits per heavy atom. The molecular formula is C30H30FN3O3. The predicted molar refractivity (Wildman–Crippen MR) is 141 cm³/mol. The number of piperidine rings is 1. The zero-order chi connectivity index (χ0) is 25.9. The first-order valence-corrected chi connectivity index (χ1v) is 12.7. The second kappa shape index (κ2) is 10.5. The minimum Gasteiger partial charge on any atom is -0.339 e. The Morgan fingerprint density at radius 3 is 2.24 bits per heavy atom. The molecule has 0 aliphatic carbocycles. The Hall–Kier alpha value is -4.00.